The zero-order chi connectivity index (χ0) is 31.5. The van der Waals surface area contributed by atoms with Crippen LogP contribution in [0.25, 0.3) is 78.0 Å². The number of rotatable bonds is 4. The third-order valence-electron chi connectivity index (χ3n) is 9.64. The maximum Gasteiger partial charge on any atom is 0.160 e. The average Bonchev–Trinajstić information content (AvgIpc) is 3.38. The molecule has 0 atom stereocenters. The molecule has 47 heavy (non-hydrogen) atoms. The van der Waals surface area contributed by atoms with Crippen LogP contribution in [0.1, 0.15) is 25.0 Å². The summed E-state index contributed by atoms with van der Waals surface area (Å²) in [6.07, 6.45) is 0. The summed E-state index contributed by atoms with van der Waals surface area (Å²) in [6.45, 7) is 4.71. The van der Waals surface area contributed by atoms with Crippen LogP contribution in [0.15, 0.2) is 152 Å². The number of aromatic nitrogens is 3. The Hall–Kier alpha value is -5.93. The molecule has 8 aromatic rings. The molecule has 2 aromatic heterocycles. The second kappa shape index (κ2) is 10.6. The van der Waals surface area contributed by atoms with Gasteiger partial charge in [0.15, 0.2) is 5.82 Å². The molecular formula is C44H31N3. The Kier molecular flexibility index (Phi) is 6.16. The van der Waals surface area contributed by atoms with E-state index in [2.05, 4.69) is 129 Å². The van der Waals surface area contributed by atoms with Gasteiger partial charge in [-0.05, 0) is 45.8 Å². The van der Waals surface area contributed by atoms with E-state index in [9.17, 15) is 0 Å². The van der Waals surface area contributed by atoms with Crippen LogP contribution >= 0.6 is 0 Å². The predicted molar refractivity (Wildman–Crippen MR) is 194 cm³/mol. The highest BCUT2D eigenvalue weighted by atomic mass is 14.9. The molecular weight excluding hydrogens is 571 g/mol. The highest BCUT2D eigenvalue weighted by molar-refractivity contribution is 6.15. The van der Waals surface area contributed by atoms with Gasteiger partial charge in [0, 0.05) is 38.4 Å². The Bertz CT molecular complexity index is 2420. The third-order valence-corrected chi connectivity index (χ3v) is 9.64. The van der Waals surface area contributed by atoms with E-state index in [1.807, 2.05) is 36.4 Å². The van der Waals surface area contributed by atoms with Crippen LogP contribution in [0, 0.1) is 0 Å². The number of fused-ring (bicyclic) bond motifs is 7. The van der Waals surface area contributed by atoms with E-state index in [1.165, 1.54) is 33.0 Å². The van der Waals surface area contributed by atoms with Crippen molar-refractivity contribution in [3.8, 4) is 56.3 Å². The van der Waals surface area contributed by atoms with Crippen molar-refractivity contribution in [2.45, 2.75) is 19.3 Å². The average molecular weight is 602 g/mol. The van der Waals surface area contributed by atoms with E-state index in [0.29, 0.717) is 5.82 Å². The van der Waals surface area contributed by atoms with Gasteiger partial charge in [-0.2, -0.15) is 0 Å². The van der Waals surface area contributed by atoms with Gasteiger partial charge in [-0.15, -0.1) is 0 Å². The van der Waals surface area contributed by atoms with Gasteiger partial charge in [0.25, 0.3) is 0 Å². The molecule has 0 amide bonds. The number of para-hydroxylation sites is 1. The van der Waals surface area contributed by atoms with Crippen molar-refractivity contribution in [3.63, 3.8) is 0 Å². The van der Waals surface area contributed by atoms with Gasteiger partial charge in [0.2, 0.25) is 0 Å². The largest absolute Gasteiger partial charge is 0.247 e. The fourth-order valence-electron chi connectivity index (χ4n) is 7.43. The molecule has 0 aliphatic heterocycles. The highest BCUT2D eigenvalue weighted by Gasteiger charge is 2.37. The van der Waals surface area contributed by atoms with Crippen molar-refractivity contribution in [2.24, 2.45) is 0 Å². The quantitative estimate of drug-likeness (QED) is 0.188. The molecule has 0 unspecified atom stereocenters. The lowest BCUT2D eigenvalue weighted by atomic mass is 9.79. The van der Waals surface area contributed by atoms with Crippen LogP contribution < -0.4 is 0 Å². The second-order valence-corrected chi connectivity index (χ2v) is 12.8. The summed E-state index contributed by atoms with van der Waals surface area (Å²) in [5.74, 6) is 0.689. The lowest BCUT2D eigenvalue weighted by molar-refractivity contribution is 0.666. The van der Waals surface area contributed by atoms with Crippen LogP contribution in [0.4, 0.5) is 0 Å². The summed E-state index contributed by atoms with van der Waals surface area (Å²) in [6, 6.07) is 53.3. The first kappa shape index (κ1) is 27.4. The van der Waals surface area contributed by atoms with Crippen LogP contribution in [0.5, 0.6) is 0 Å². The van der Waals surface area contributed by atoms with Crippen molar-refractivity contribution >= 4 is 21.7 Å². The number of hydrogen-bond acceptors (Lipinski definition) is 3. The Morgan fingerprint density at radius 2 is 1.06 bits per heavy atom. The lowest BCUT2D eigenvalue weighted by Gasteiger charge is -2.24. The predicted octanol–water partition coefficient (Wildman–Crippen LogP) is 11.2. The fourth-order valence-corrected chi connectivity index (χ4v) is 7.43. The number of benzene rings is 6. The normalized spacial score (nSPS) is 13.1. The number of nitrogens with zero attached hydrogens (tertiary/aromatic N) is 3. The molecule has 0 saturated heterocycles. The van der Waals surface area contributed by atoms with Crippen LogP contribution in [0.2, 0.25) is 0 Å². The molecule has 6 aromatic carbocycles. The monoisotopic (exact) mass is 601 g/mol. The standard InChI is InChI=1S/C44H31N3/c1-44(2)36-22-11-9-20-32(36)33-24-25-35-40(41(33)44)34-21-10-12-23-37(34)45-42(35)30-18-13-19-31(26-30)43-46-38(28-14-5-3-6-15-28)27-39(47-43)29-16-7-4-8-17-29/h3-27H,1-2H3. The minimum atomic E-state index is -0.145. The fraction of sp³-hybridized carbons (Fsp3) is 0.0682. The Labute approximate surface area is 274 Å². The highest BCUT2D eigenvalue weighted by Crippen LogP contribution is 2.53. The van der Waals surface area contributed by atoms with Gasteiger partial charge < -0.3 is 0 Å². The van der Waals surface area contributed by atoms with Gasteiger partial charge in [-0.1, -0.05) is 147 Å². The van der Waals surface area contributed by atoms with Gasteiger partial charge in [-0.25, -0.2) is 15.0 Å². The van der Waals surface area contributed by atoms with Crippen molar-refractivity contribution < 1.29 is 0 Å². The van der Waals surface area contributed by atoms with Crippen LogP contribution in [0.3, 0.4) is 0 Å². The van der Waals surface area contributed by atoms with Crippen LogP contribution in [-0.2, 0) is 5.41 Å². The maximum atomic E-state index is 5.32. The summed E-state index contributed by atoms with van der Waals surface area (Å²) >= 11 is 0. The molecule has 3 nitrogen and oxygen atoms in total. The van der Waals surface area contributed by atoms with Crippen molar-refractivity contribution in [3.05, 3.63) is 163 Å². The number of pyridine rings is 1. The van der Waals surface area contributed by atoms with Gasteiger partial charge in [0.05, 0.1) is 22.6 Å². The molecule has 1 aliphatic carbocycles. The lowest BCUT2D eigenvalue weighted by Crippen LogP contribution is -2.15. The zero-order valence-electron chi connectivity index (χ0n) is 26.3. The minimum Gasteiger partial charge on any atom is -0.247 e. The number of hydrogen-bond donors (Lipinski definition) is 0. The van der Waals surface area contributed by atoms with Gasteiger partial charge in [-0.3, -0.25) is 0 Å². The van der Waals surface area contributed by atoms with Crippen molar-refractivity contribution in [1.29, 1.82) is 0 Å². The third kappa shape index (κ3) is 4.39. The van der Waals surface area contributed by atoms with E-state index in [0.717, 1.165) is 50.2 Å². The molecule has 0 bridgehead atoms. The molecule has 0 spiro atoms. The van der Waals surface area contributed by atoms with Crippen molar-refractivity contribution in [2.75, 3.05) is 0 Å². The van der Waals surface area contributed by atoms with E-state index in [1.54, 1.807) is 0 Å². The Morgan fingerprint density at radius 1 is 0.447 bits per heavy atom. The first-order valence-corrected chi connectivity index (χ1v) is 16.1. The Morgan fingerprint density at radius 3 is 1.81 bits per heavy atom. The molecule has 3 heteroatoms. The van der Waals surface area contributed by atoms with Crippen LogP contribution in [-0.4, -0.2) is 15.0 Å². The first-order chi connectivity index (χ1) is 23.1. The molecule has 0 fully saturated rings. The molecule has 222 valence electrons. The molecule has 1 aliphatic rings. The van der Waals surface area contributed by atoms with E-state index >= 15 is 0 Å². The summed E-state index contributed by atoms with van der Waals surface area (Å²) in [4.78, 5) is 15.5. The molecule has 0 N–H and O–H groups in total. The van der Waals surface area contributed by atoms with E-state index in [4.69, 9.17) is 15.0 Å². The van der Waals surface area contributed by atoms with E-state index in [-0.39, 0.29) is 5.41 Å². The zero-order valence-corrected chi connectivity index (χ0v) is 26.3. The Balaban J connectivity index is 1.27. The molecule has 9 rings (SSSR count). The SMILES string of the molecule is CC1(C)c2ccccc2-c2ccc3c(-c4cccc(-c5nc(-c6ccccc6)cc(-c6ccccc6)n5)c4)nc4ccccc4c3c21. The van der Waals surface area contributed by atoms with Gasteiger partial charge >= 0.3 is 0 Å². The molecule has 2 heterocycles. The van der Waals surface area contributed by atoms with E-state index < -0.39 is 0 Å². The summed E-state index contributed by atoms with van der Waals surface area (Å²) < 4.78 is 0. The van der Waals surface area contributed by atoms with Crippen molar-refractivity contribution in [1.82, 2.24) is 15.0 Å². The second-order valence-electron chi connectivity index (χ2n) is 12.8. The summed E-state index contributed by atoms with van der Waals surface area (Å²) in [5.41, 5.74) is 13.1. The first-order valence-electron chi connectivity index (χ1n) is 16.1. The molecule has 0 radical (unpaired) electrons. The summed E-state index contributed by atoms with van der Waals surface area (Å²) in [5, 5.41) is 3.62. The minimum absolute atomic E-state index is 0.145. The summed E-state index contributed by atoms with van der Waals surface area (Å²) in [7, 11) is 0. The topological polar surface area (TPSA) is 38.7 Å². The van der Waals surface area contributed by atoms with Gasteiger partial charge in [0.1, 0.15) is 0 Å². The maximum absolute atomic E-state index is 5.32. The smallest absolute Gasteiger partial charge is 0.160 e. The molecule has 0 saturated carbocycles.